The maximum Gasteiger partial charge on any atom is 0.163 e. The number of Topliss-reactive ketones (excluding diaryl/α,β-unsaturated/α-hetero) is 1. The highest BCUT2D eigenvalue weighted by atomic mass is 35.5. The van der Waals surface area contributed by atoms with Gasteiger partial charge in [0.25, 0.3) is 0 Å². The Balaban J connectivity index is 1.83. The summed E-state index contributed by atoms with van der Waals surface area (Å²) in [4.78, 5) is 13.3. The van der Waals surface area contributed by atoms with E-state index < -0.39 is 0 Å². The molecule has 0 radical (unpaired) electrons. The van der Waals surface area contributed by atoms with Crippen LogP contribution in [-0.4, -0.2) is 5.78 Å². The minimum Gasteiger partial charge on any atom is -0.461 e. The van der Waals surface area contributed by atoms with E-state index in [-0.39, 0.29) is 17.1 Å². The quantitative estimate of drug-likeness (QED) is 0.465. The number of halogens is 1. The topological polar surface area (TPSA) is 26.3 Å². The van der Waals surface area contributed by atoms with E-state index in [0.717, 1.165) is 45.4 Å². The Hall–Kier alpha value is -2.58. The van der Waals surface area contributed by atoms with Crippen molar-refractivity contribution in [1.29, 1.82) is 0 Å². The lowest BCUT2D eigenvalue weighted by atomic mass is 9.69. The Morgan fingerprint density at radius 3 is 2.64 bits per heavy atom. The van der Waals surface area contributed by atoms with Gasteiger partial charge in [-0.25, -0.2) is 0 Å². The molecule has 1 aliphatic heterocycles. The van der Waals surface area contributed by atoms with Crippen molar-refractivity contribution in [2.24, 2.45) is 5.41 Å². The Bertz CT molecular complexity index is 1160. The largest absolute Gasteiger partial charge is 0.461 e. The van der Waals surface area contributed by atoms with E-state index >= 15 is 0 Å². The van der Waals surface area contributed by atoms with E-state index in [2.05, 4.69) is 38.1 Å². The minimum absolute atomic E-state index is 0.0941. The third-order valence-corrected chi connectivity index (χ3v) is 6.04. The lowest BCUT2D eigenvalue weighted by Gasteiger charge is -2.38. The number of carbonyl (C=O) groups excluding carboxylic acids is 1. The third-order valence-electron chi connectivity index (χ3n) is 5.80. The average molecular weight is 389 g/mol. The highest BCUT2D eigenvalue weighted by Crippen LogP contribution is 2.52. The zero-order valence-electron chi connectivity index (χ0n) is 16.0. The van der Waals surface area contributed by atoms with Gasteiger partial charge in [0.05, 0.1) is 0 Å². The number of ether oxygens (including phenoxy) is 1. The normalized spacial score (nSPS) is 20.5. The molecule has 3 aromatic carbocycles. The molecule has 0 spiro atoms. The zero-order chi connectivity index (χ0) is 19.5. The summed E-state index contributed by atoms with van der Waals surface area (Å²) in [5.74, 6) is 1.67. The number of hydrogen-bond acceptors (Lipinski definition) is 2. The van der Waals surface area contributed by atoms with E-state index in [1.54, 1.807) is 0 Å². The highest BCUT2D eigenvalue weighted by molar-refractivity contribution is 6.30. The van der Waals surface area contributed by atoms with Crippen molar-refractivity contribution in [3.8, 4) is 5.75 Å². The van der Waals surface area contributed by atoms with Crippen LogP contribution >= 0.6 is 11.6 Å². The van der Waals surface area contributed by atoms with Gasteiger partial charge in [-0.05, 0) is 39.9 Å². The van der Waals surface area contributed by atoms with Crippen LogP contribution in [0.15, 0.2) is 72.0 Å². The molecule has 140 valence electrons. The van der Waals surface area contributed by atoms with E-state index in [9.17, 15) is 4.79 Å². The second-order valence-electron chi connectivity index (χ2n) is 8.57. The van der Waals surface area contributed by atoms with E-state index in [1.165, 1.54) is 0 Å². The summed E-state index contributed by atoms with van der Waals surface area (Å²) in [5.41, 5.74) is 2.80. The van der Waals surface area contributed by atoms with Gasteiger partial charge in [0.15, 0.2) is 5.78 Å². The number of carbonyl (C=O) groups is 1. The number of rotatable bonds is 1. The predicted molar refractivity (Wildman–Crippen MR) is 113 cm³/mol. The van der Waals surface area contributed by atoms with Gasteiger partial charge >= 0.3 is 0 Å². The summed E-state index contributed by atoms with van der Waals surface area (Å²) in [6, 6.07) is 20.3. The minimum atomic E-state index is -0.160. The molecule has 1 aliphatic carbocycles. The predicted octanol–water partition coefficient (Wildman–Crippen LogP) is 6.66. The van der Waals surface area contributed by atoms with Crippen molar-refractivity contribution in [3.63, 3.8) is 0 Å². The molecule has 0 amide bonds. The van der Waals surface area contributed by atoms with Crippen LogP contribution in [0.2, 0.25) is 5.02 Å². The van der Waals surface area contributed by atoms with E-state index in [1.807, 2.05) is 36.4 Å². The molecule has 0 saturated heterocycles. The Kier molecular flexibility index (Phi) is 3.89. The molecular formula is C25H21ClO2. The molecule has 1 atom stereocenters. The van der Waals surface area contributed by atoms with Crippen LogP contribution in [0.3, 0.4) is 0 Å². The molecular weight excluding hydrogens is 368 g/mol. The smallest absolute Gasteiger partial charge is 0.163 e. The average Bonchev–Trinajstić information content (AvgIpc) is 2.65. The summed E-state index contributed by atoms with van der Waals surface area (Å²) in [6.45, 7) is 4.25. The molecule has 2 nitrogen and oxygen atoms in total. The standard InChI is InChI=1S/C25H21ClO2/c1-25(2)13-19(27)24-21(14-25)28-20-11-10-15-6-3-4-9-18(15)23(20)22(24)16-7-5-8-17(26)12-16/h3-12,22H,13-14H2,1-2H3. The first-order valence-electron chi connectivity index (χ1n) is 9.64. The molecule has 0 saturated carbocycles. The monoisotopic (exact) mass is 388 g/mol. The molecule has 3 heteroatoms. The molecule has 1 heterocycles. The molecule has 0 aromatic heterocycles. The van der Waals surface area contributed by atoms with Gasteiger partial charge in [-0.3, -0.25) is 4.79 Å². The second-order valence-corrected chi connectivity index (χ2v) is 9.00. The lowest BCUT2D eigenvalue weighted by Crippen LogP contribution is -2.33. The van der Waals surface area contributed by atoms with Gasteiger partial charge in [-0.1, -0.05) is 67.9 Å². The highest BCUT2D eigenvalue weighted by Gasteiger charge is 2.42. The number of fused-ring (bicyclic) bond motifs is 3. The fraction of sp³-hybridized carbons (Fsp3) is 0.240. The lowest BCUT2D eigenvalue weighted by molar-refractivity contribution is -0.118. The van der Waals surface area contributed by atoms with Crippen LogP contribution < -0.4 is 4.74 Å². The van der Waals surface area contributed by atoms with Crippen molar-refractivity contribution in [3.05, 3.63) is 88.1 Å². The van der Waals surface area contributed by atoms with Crippen molar-refractivity contribution < 1.29 is 9.53 Å². The van der Waals surface area contributed by atoms with Crippen molar-refractivity contribution in [2.75, 3.05) is 0 Å². The summed E-state index contributed by atoms with van der Waals surface area (Å²) in [5, 5.41) is 2.94. The first-order chi connectivity index (χ1) is 13.4. The van der Waals surface area contributed by atoms with Crippen molar-refractivity contribution in [1.82, 2.24) is 0 Å². The SMILES string of the molecule is CC1(C)CC(=O)C2=C(C1)Oc1ccc3ccccc3c1C2c1cccc(Cl)c1. The molecule has 3 aromatic rings. The van der Waals surface area contributed by atoms with Crippen LogP contribution in [0.4, 0.5) is 0 Å². The van der Waals surface area contributed by atoms with Gasteiger partial charge in [-0.2, -0.15) is 0 Å². The maximum absolute atomic E-state index is 13.3. The first kappa shape index (κ1) is 17.5. The van der Waals surface area contributed by atoms with Gasteiger partial charge in [0, 0.05) is 34.9 Å². The van der Waals surface area contributed by atoms with Crippen molar-refractivity contribution in [2.45, 2.75) is 32.6 Å². The first-order valence-corrected chi connectivity index (χ1v) is 10.0. The number of ketones is 1. The Morgan fingerprint density at radius 2 is 1.82 bits per heavy atom. The van der Waals surface area contributed by atoms with Gasteiger partial charge in [-0.15, -0.1) is 0 Å². The van der Waals surface area contributed by atoms with Crippen LogP contribution in [0, 0.1) is 5.41 Å². The zero-order valence-corrected chi connectivity index (χ0v) is 16.7. The molecule has 28 heavy (non-hydrogen) atoms. The summed E-state index contributed by atoms with van der Waals surface area (Å²) < 4.78 is 6.36. The summed E-state index contributed by atoms with van der Waals surface area (Å²) >= 11 is 6.33. The third kappa shape index (κ3) is 2.75. The molecule has 0 bridgehead atoms. The Labute approximate surface area is 169 Å². The fourth-order valence-electron chi connectivity index (χ4n) is 4.65. The van der Waals surface area contributed by atoms with Crippen LogP contribution in [-0.2, 0) is 4.79 Å². The molecule has 5 rings (SSSR count). The van der Waals surface area contributed by atoms with Crippen molar-refractivity contribution >= 4 is 28.2 Å². The molecule has 0 fully saturated rings. The van der Waals surface area contributed by atoms with Gasteiger partial charge in [0.2, 0.25) is 0 Å². The van der Waals surface area contributed by atoms with Crippen LogP contribution in [0.1, 0.15) is 43.7 Å². The Morgan fingerprint density at radius 1 is 1.00 bits per heavy atom. The number of allylic oxidation sites excluding steroid dienone is 2. The summed E-state index contributed by atoms with van der Waals surface area (Å²) in [6.07, 6.45) is 1.30. The summed E-state index contributed by atoms with van der Waals surface area (Å²) in [7, 11) is 0. The van der Waals surface area contributed by atoms with Crippen LogP contribution in [0.5, 0.6) is 5.75 Å². The number of benzene rings is 3. The fourth-order valence-corrected chi connectivity index (χ4v) is 4.85. The van der Waals surface area contributed by atoms with E-state index in [4.69, 9.17) is 16.3 Å². The maximum atomic E-state index is 13.3. The second kappa shape index (κ2) is 6.22. The van der Waals surface area contributed by atoms with E-state index in [0.29, 0.717) is 11.4 Å². The van der Waals surface area contributed by atoms with Gasteiger partial charge < -0.3 is 4.74 Å². The van der Waals surface area contributed by atoms with Crippen LogP contribution in [0.25, 0.3) is 10.8 Å². The molecule has 0 N–H and O–H groups in total. The number of hydrogen-bond donors (Lipinski definition) is 0. The van der Waals surface area contributed by atoms with Gasteiger partial charge in [0.1, 0.15) is 11.5 Å². The molecule has 2 aliphatic rings. The molecule has 1 unspecified atom stereocenters.